The Morgan fingerprint density at radius 1 is 1.17 bits per heavy atom. The number of allylic oxidation sites excluding steroid dienone is 7. The molecule has 1 fully saturated rings. The first-order valence-corrected chi connectivity index (χ1v) is 14.7. The summed E-state index contributed by atoms with van der Waals surface area (Å²) in [5.41, 5.74) is 3.09. The third kappa shape index (κ3) is 10.1. The van der Waals surface area contributed by atoms with Crippen molar-refractivity contribution < 1.29 is 33.7 Å². The molecule has 2 aliphatic rings. The van der Waals surface area contributed by atoms with Gasteiger partial charge < -0.3 is 24.1 Å². The summed E-state index contributed by atoms with van der Waals surface area (Å²) < 4.78 is 16.6. The van der Waals surface area contributed by atoms with Crippen LogP contribution in [0.25, 0.3) is 6.08 Å². The molecule has 3 rings (SSSR count). The van der Waals surface area contributed by atoms with Gasteiger partial charge in [-0.1, -0.05) is 56.4 Å². The lowest BCUT2D eigenvalue weighted by atomic mass is 9.86. The number of nitrogens with zero attached hydrogens (tertiary/aromatic N) is 1. The zero-order valence-corrected chi connectivity index (χ0v) is 25.5. The lowest BCUT2D eigenvalue weighted by molar-refractivity contribution is -0.158. The molecule has 228 valence electrons. The van der Waals surface area contributed by atoms with Crippen LogP contribution in [-0.4, -0.2) is 51.6 Å². The van der Waals surface area contributed by atoms with E-state index >= 15 is 0 Å². The van der Waals surface area contributed by atoms with E-state index in [1.165, 1.54) is 6.08 Å². The molecule has 42 heavy (non-hydrogen) atoms. The molecule has 1 aromatic heterocycles. The second-order valence-corrected chi connectivity index (χ2v) is 11.6. The fourth-order valence-corrected chi connectivity index (χ4v) is 5.15. The predicted molar refractivity (Wildman–Crippen MR) is 162 cm³/mol. The molecule has 3 heterocycles. The van der Waals surface area contributed by atoms with Gasteiger partial charge in [-0.3, -0.25) is 4.79 Å². The van der Waals surface area contributed by atoms with Crippen molar-refractivity contribution in [3.05, 3.63) is 83.2 Å². The molecule has 0 radical (unpaired) electrons. The molecular formula is C34H45NO7. The van der Waals surface area contributed by atoms with E-state index in [0.717, 1.165) is 11.3 Å². The maximum Gasteiger partial charge on any atom is 0.330 e. The number of esters is 2. The number of carbonyl (C=O) groups is 2. The van der Waals surface area contributed by atoms with Gasteiger partial charge in [-0.2, -0.15) is 0 Å². The Hall–Kier alpha value is -3.49. The minimum atomic E-state index is -0.910. The van der Waals surface area contributed by atoms with E-state index in [2.05, 4.69) is 4.98 Å². The summed E-state index contributed by atoms with van der Waals surface area (Å²) in [6.45, 7) is 11.2. The number of carbonyl (C=O) groups excluding carboxylic acids is 2. The second kappa shape index (κ2) is 15.7. The molecule has 0 saturated carbocycles. The topological polar surface area (TPSA) is 119 Å². The Labute approximate surface area is 249 Å². The van der Waals surface area contributed by atoms with Crippen LogP contribution in [0.5, 0.6) is 0 Å². The van der Waals surface area contributed by atoms with Crippen LogP contribution in [0, 0.1) is 24.7 Å². The zero-order chi connectivity index (χ0) is 30.8. The van der Waals surface area contributed by atoms with Gasteiger partial charge >= 0.3 is 11.9 Å². The Bertz CT molecular complexity index is 1260. The van der Waals surface area contributed by atoms with Crippen LogP contribution in [0.2, 0.25) is 0 Å². The third-order valence-corrected chi connectivity index (χ3v) is 7.92. The minimum Gasteiger partial charge on any atom is -0.462 e. The van der Waals surface area contributed by atoms with Crippen LogP contribution >= 0.6 is 0 Å². The third-order valence-electron chi connectivity index (χ3n) is 7.92. The lowest BCUT2D eigenvalue weighted by Gasteiger charge is -2.31. The number of rotatable bonds is 6. The summed E-state index contributed by atoms with van der Waals surface area (Å²) in [6.07, 6.45) is 16.8. The minimum absolute atomic E-state index is 0.0114. The molecule has 0 aromatic carbocycles. The first-order chi connectivity index (χ1) is 19.9. The largest absolute Gasteiger partial charge is 0.462 e. The van der Waals surface area contributed by atoms with Gasteiger partial charge in [-0.05, 0) is 62.3 Å². The maximum absolute atomic E-state index is 12.8. The molecule has 2 N–H and O–H groups in total. The van der Waals surface area contributed by atoms with Gasteiger partial charge in [0.2, 0.25) is 0 Å². The van der Waals surface area contributed by atoms with E-state index in [1.807, 2.05) is 77.2 Å². The van der Waals surface area contributed by atoms with E-state index < -0.39 is 30.2 Å². The van der Waals surface area contributed by atoms with Gasteiger partial charge in [0.1, 0.15) is 24.2 Å². The molecule has 0 aliphatic carbocycles. The average molecular weight is 580 g/mol. The standard InChI is InChI=1S/C34H45NO7/c1-21(16-28-20-40-26(6)35-28)10-7-13-24(4)34(39)25(5)31-19-29(36)22(2)11-8-12-23(3)30-17-27(18-33(38)41-30)14-9-15-32(37)42-31/h7-13,15-16,20,23,25,27,29-31,34,36,39H,14,17-19H2,1-6H3/t23-,25+,27-,29+,30-,31+,34+/m1/s1. The number of aliphatic hydroxyl groups is 2. The molecule has 0 spiro atoms. The van der Waals surface area contributed by atoms with E-state index in [4.69, 9.17) is 13.9 Å². The quantitative estimate of drug-likeness (QED) is 0.313. The number of fused-ring (bicyclic) bond motifs is 2. The fourth-order valence-electron chi connectivity index (χ4n) is 5.15. The van der Waals surface area contributed by atoms with E-state index in [-0.39, 0.29) is 30.3 Å². The van der Waals surface area contributed by atoms with Crippen molar-refractivity contribution in [2.24, 2.45) is 17.8 Å². The Morgan fingerprint density at radius 3 is 2.64 bits per heavy atom. The highest BCUT2D eigenvalue weighted by Gasteiger charge is 2.32. The molecule has 1 aromatic rings. The van der Waals surface area contributed by atoms with E-state index in [1.54, 1.807) is 19.3 Å². The van der Waals surface area contributed by atoms with Crippen molar-refractivity contribution in [2.75, 3.05) is 0 Å². The summed E-state index contributed by atoms with van der Waals surface area (Å²) in [5, 5.41) is 22.1. The fraction of sp³-hybridized carbons (Fsp3) is 0.500. The van der Waals surface area contributed by atoms with E-state index in [0.29, 0.717) is 36.3 Å². The first-order valence-electron chi connectivity index (χ1n) is 14.7. The summed E-state index contributed by atoms with van der Waals surface area (Å²) >= 11 is 0. The monoisotopic (exact) mass is 579 g/mol. The molecule has 0 unspecified atom stereocenters. The molecule has 2 bridgehead atoms. The van der Waals surface area contributed by atoms with Gasteiger partial charge in [0.25, 0.3) is 0 Å². The summed E-state index contributed by atoms with van der Waals surface area (Å²) in [5.74, 6) is -0.577. The van der Waals surface area contributed by atoms with Crippen LogP contribution in [0.3, 0.4) is 0 Å². The summed E-state index contributed by atoms with van der Waals surface area (Å²) in [6, 6.07) is 0. The maximum atomic E-state index is 12.8. The highest BCUT2D eigenvalue weighted by Crippen LogP contribution is 2.30. The highest BCUT2D eigenvalue weighted by molar-refractivity contribution is 5.82. The molecule has 8 heteroatoms. The molecule has 2 aliphatic heterocycles. The number of hydrogen-bond acceptors (Lipinski definition) is 8. The normalized spacial score (nSPS) is 28.3. The van der Waals surface area contributed by atoms with Crippen molar-refractivity contribution in [3.8, 4) is 0 Å². The highest BCUT2D eigenvalue weighted by atomic mass is 16.5. The van der Waals surface area contributed by atoms with Crippen LogP contribution < -0.4 is 0 Å². The van der Waals surface area contributed by atoms with Crippen molar-refractivity contribution in [1.82, 2.24) is 4.98 Å². The number of aliphatic hydroxyl groups excluding tert-OH is 2. The molecule has 8 nitrogen and oxygen atoms in total. The Morgan fingerprint density at radius 2 is 1.93 bits per heavy atom. The average Bonchev–Trinajstić information content (AvgIpc) is 3.34. The number of hydrogen-bond donors (Lipinski definition) is 2. The number of aryl methyl sites for hydroxylation is 1. The van der Waals surface area contributed by atoms with Crippen molar-refractivity contribution >= 4 is 18.0 Å². The van der Waals surface area contributed by atoms with Crippen molar-refractivity contribution in [2.45, 2.75) is 91.6 Å². The molecule has 1 saturated heterocycles. The summed E-state index contributed by atoms with van der Waals surface area (Å²) in [4.78, 5) is 29.3. The van der Waals surface area contributed by atoms with Crippen LogP contribution in [0.1, 0.15) is 71.9 Å². The lowest BCUT2D eigenvalue weighted by Crippen LogP contribution is -2.36. The zero-order valence-electron chi connectivity index (χ0n) is 25.5. The SMILES string of the molecule is CC(C=CC=C(C)[C@H](O)[C@@H](C)[C@@H]1C[C@H](O)C(C)=CC=C[C@@H](C)[C@H]2C[C@@H](CC=CC(=O)O1)CC(=O)O2)=Cc1coc(C)n1. The Balaban J connectivity index is 1.76. The van der Waals surface area contributed by atoms with Crippen LogP contribution in [0.15, 0.2) is 76.0 Å². The van der Waals surface area contributed by atoms with Crippen LogP contribution in [-0.2, 0) is 19.1 Å². The molecule has 0 amide bonds. The summed E-state index contributed by atoms with van der Waals surface area (Å²) in [7, 11) is 0. The van der Waals surface area contributed by atoms with Crippen molar-refractivity contribution in [3.63, 3.8) is 0 Å². The van der Waals surface area contributed by atoms with Crippen LogP contribution in [0.4, 0.5) is 0 Å². The van der Waals surface area contributed by atoms with Gasteiger partial charge in [0, 0.05) is 37.7 Å². The van der Waals surface area contributed by atoms with Gasteiger partial charge in [-0.15, -0.1) is 0 Å². The van der Waals surface area contributed by atoms with Gasteiger partial charge in [0.05, 0.1) is 12.2 Å². The second-order valence-electron chi connectivity index (χ2n) is 11.6. The number of oxazole rings is 1. The number of aromatic nitrogens is 1. The smallest absolute Gasteiger partial charge is 0.330 e. The predicted octanol–water partition coefficient (Wildman–Crippen LogP) is 5.97. The van der Waals surface area contributed by atoms with Crippen molar-refractivity contribution in [1.29, 1.82) is 0 Å². The van der Waals surface area contributed by atoms with E-state index in [9.17, 15) is 19.8 Å². The number of cyclic esters (lactones) is 1. The van der Waals surface area contributed by atoms with Gasteiger partial charge in [0.15, 0.2) is 5.89 Å². The Kier molecular flexibility index (Phi) is 12.3. The molecular weight excluding hydrogens is 534 g/mol. The van der Waals surface area contributed by atoms with Gasteiger partial charge in [-0.25, -0.2) is 9.78 Å². The first kappa shape index (κ1) is 33.0. The molecule has 7 atom stereocenters. The number of ether oxygens (including phenoxy) is 2.